The van der Waals surface area contributed by atoms with Gasteiger partial charge in [0.15, 0.2) is 6.61 Å². The van der Waals surface area contributed by atoms with E-state index in [1.807, 2.05) is 42.5 Å². The first kappa shape index (κ1) is 15.6. The van der Waals surface area contributed by atoms with Crippen molar-refractivity contribution in [1.29, 1.82) is 0 Å². The molecule has 4 nitrogen and oxygen atoms in total. The van der Waals surface area contributed by atoms with Gasteiger partial charge in [-0.05, 0) is 61.1 Å². The molecular weight excluding hydrogens is 288 g/mol. The second kappa shape index (κ2) is 7.29. The van der Waals surface area contributed by atoms with Crippen molar-refractivity contribution in [2.24, 2.45) is 5.73 Å². The first-order valence-corrected chi connectivity index (χ1v) is 8.06. The summed E-state index contributed by atoms with van der Waals surface area (Å²) in [6, 6.07) is 15.6. The summed E-state index contributed by atoms with van der Waals surface area (Å²) in [6.07, 6.45) is 4.14. The van der Waals surface area contributed by atoms with Gasteiger partial charge in [-0.1, -0.05) is 24.3 Å². The van der Waals surface area contributed by atoms with Gasteiger partial charge < -0.3 is 15.8 Å². The van der Waals surface area contributed by atoms with E-state index in [1.165, 1.54) is 11.1 Å². The van der Waals surface area contributed by atoms with Crippen LogP contribution in [0.4, 0.5) is 5.69 Å². The highest BCUT2D eigenvalue weighted by molar-refractivity contribution is 5.91. The number of nitrogens with two attached hydrogens (primary N) is 1. The molecule has 0 saturated heterocycles. The summed E-state index contributed by atoms with van der Waals surface area (Å²) in [7, 11) is 0. The molecule has 3 rings (SSSR count). The van der Waals surface area contributed by atoms with Crippen molar-refractivity contribution in [3.63, 3.8) is 0 Å². The third-order valence-corrected chi connectivity index (χ3v) is 4.11. The van der Waals surface area contributed by atoms with Gasteiger partial charge in [0.2, 0.25) is 0 Å². The molecule has 0 aliphatic heterocycles. The van der Waals surface area contributed by atoms with E-state index in [1.54, 1.807) is 0 Å². The topological polar surface area (TPSA) is 64.3 Å². The molecule has 120 valence electrons. The number of aryl methyl sites for hydroxylation is 1. The summed E-state index contributed by atoms with van der Waals surface area (Å²) < 4.78 is 5.63. The molecule has 2 aromatic rings. The van der Waals surface area contributed by atoms with Crippen LogP contribution in [0.3, 0.4) is 0 Å². The Morgan fingerprint density at radius 2 is 2.00 bits per heavy atom. The van der Waals surface area contributed by atoms with E-state index < -0.39 is 0 Å². The van der Waals surface area contributed by atoms with E-state index in [0.29, 0.717) is 0 Å². The third-order valence-electron chi connectivity index (χ3n) is 4.11. The van der Waals surface area contributed by atoms with Gasteiger partial charge in [-0.3, -0.25) is 4.79 Å². The quantitative estimate of drug-likeness (QED) is 0.853. The fourth-order valence-corrected chi connectivity index (χ4v) is 2.93. The first-order chi connectivity index (χ1) is 11.2. The number of benzene rings is 2. The van der Waals surface area contributed by atoms with Crippen LogP contribution in [-0.2, 0) is 17.6 Å². The third kappa shape index (κ3) is 4.33. The zero-order valence-corrected chi connectivity index (χ0v) is 13.1. The molecular formula is C19H22N2O2. The lowest BCUT2D eigenvalue weighted by Gasteiger charge is -2.12. The molecule has 0 saturated carbocycles. The molecule has 0 radical (unpaired) electrons. The molecule has 0 fully saturated rings. The second-order valence-electron chi connectivity index (χ2n) is 5.99. The molecule has 4 heteroatoms. The molecule has 23 heavy (non-hydrogen) atoms. The van der Waals surface area contributed by atoms with Gasteiger partial charge in [0.1, 0.15) is 5.75 Å². The summed E-state index contributed by atoms with van der Waals surface area (Å²) in [6.45, 7) is -0.000263. The highest BCUT2D eigenvalue weighted by Gasteiger charge is 2.14. The number of rotatable bonds is 4. The standard InChI is InChI=1S/C19H22N2O2/c20-16-6-4-5-14-9-10-18(12-15(14)11-16)23-13-19(22)21-17-7-2-1-3-8-17/h1-3,7-10,12,16H,4-6,11,13,20H2,(H,21,22). The van der Waals surface area contributed by atoms with Crippen molar-refractivity contribution in [3.8, 4) is 5.75 Å². The molecule has 1 aliphatic carbocycles. The van der Waals surface area contributed by atoms with Crippen molar-refractivity contribution >= 4 is 11.6 Å². The summed E-state index contributed by atoms with van der Waals surface area (Å²) in [4.78, 5) is 11.9. The number of ether oxygens (including phenoxy) is 1. The minimum Gasteiger partial charge on any atom is -0.484 e. The normalized spacial score (nSPS) is 17.0. The number of anilines is 1. The van der Waals surface area contributed by atoms with Gasteiger partial charge >= 0.3 is 0 Å². The van der Waals surface area contributed by atoms with Crippen LogP contribution in [0.1, 0.15) is 24.0 Å². The minimum absolute atomic E-state index is 0.000263. The summed E-state index contributed by atoms with van der Waals surface area (Å²) in [5.74, 6) is 0.559. The first-order valence-electron chi connectivity index (χ1n) is 8.06. The number of fused-ring (bicyclic) bond motifs is 1. The SMILES string of the molecule is NC1CCCc2ccc(OCC(=O)Nc3ccccc3)cc2C1. The van der Waals surface area contributed by atoms with Gasteiger partial charge in [0.05, 0.1) is 0 Å². The molecule has 1 amide bonds. The van der Waals surface area contributed by atoms with Crippen LogP contribution in [0.5, 0.6) is 5.75 Å². The van der Waals surface area contributed by atoms with Crippen LogP contribution in [0, 0.1) is 0 Å². The summed E-state index contributed by atoms with van der Waals surface area (Å²) >= 11 is 0. The zero-order chi connectivity index (χ0) is 16.1. The maximum atomic E-state index is 11.9. The Kier molecular flexibility index (Phi) is 4.93. The Bertz CT molecular complexity index is 670. The van der Waals surface area contributed by atoms with Crippen molar-refractivity contribution in [2.45, 2.75) is 31.7 Å². The summed E-state index contributed by atoms with van der Waals surface area (Å²) in [5.41, 5.74) is 9.47. The average Bonchev–Trinajstić information content (AvgIpc) is 2.74. The van der Waals surface area contributed by atoms with Crippen molar-refractivity contribution in [3.05, 3.63) is 59.7 Å². The van der Waals surface area contributed by atoms with Gasteiger partial charge in [-0.2, -0.15) is 0 Å². The smallest absolute Gasteiger partial charge is 0.262 e. The Balaban J connectivity index is 1.59. The highest BCUT2D eigenvalue weighted by atomic mass is 16.5. The molecule has 0 spiro atoms. The van der Waals surface area contributed by atoms with Crippen LogP contribution in [0.25, 0.3) is 0 Å². The Hall–Kier alpha value is -2.33. The number of nitrogens with one attached hydrogen (secondary N) is 1. The number of carbonyl (C=O) groups is 1. The van der Waals surface area contributed by atoms with Crippen LogP contribution in [-0.4, -0.2) is 18.6 Å². The fourth-order valence-electron chi connectivity index (χ4n) is 2.93. The van der Waals surface area contributed by atoms with Crippen molar-refractivity contribution in [1.82, 2.24) is 0 Å². The molecule has 0 bridgehead atoms. The molecule has 3 N–H and O–H groups in total. The Morgan fingerprint density at radius 3 is 2.83 bits per heavy atom. The molecule has 2 aromatic carbocycles. The Morgan fingerprint density at radius 1 is 1.17 bits per heavy atom. The van der Waals surface area contributed by atoms with Gasteiger partial charge in [0.25, 0.3) is 5.91 Å². The lowest BCUT2D eigenvalue weighted by Crippen LogP contribution is -2.21. The predicted molar refractivity (Wildman–Crippen MR) is 91.6 cm³/mol. The monoisotopic (exact) mass is 310 g/mol. The average molecular weight is 310 g/mol. The maximum Gasteiger partial charge on any atom is 0.262 e. The summed E-state index contributed by atoms with van der Waals surface area (Å²) in [5, 5.41) is 2.81. The number of carbonyl (C=O) groups excluding carboxylic acids is 1. The lowest BCUT2D eigenvalue weighted by molar-refractivity contribution is -0.118. The molecule has 0 heterocycles. The van der Waals surface area contributed by atoms with Gasteiger partial charge in [-0.15, -0.1) is 0 Å². The van der Waals surface area contributed by atoms with E-state index in [4.69, 9.17) is 10.5 Å². The fraction of sp³-hybridized carbons (Fsp3) is 0.316. The lowest BCUT2D eigenvalue weighted by atomic mass is 10.0. The second-order valence-corrected chi connectivity index (χ2v) is 5.99. The molecule has 1 atom stereocenters. The van der Waals surface area contributed by atoms with Gasteiger partial charge in [0, 0.05) is 11.7 Å². The van der Waals surface area contributed by atoms with E-state index in [9.17, 15) is 4.79 Å². The van der Waals surface area contributed by atoms with Crippen LogP contribution >= 0.6 is 0 Å². The van der Waals surface area contributed by atoms with E-state index in [0.717, 1.165) is 37.1 Å². The minimum atomic E-state index is -0.164. The van der Waals surface area contributed by atoms with Crippen LogP contribution in [0.15, 0.2) is 48.5 Å². The van der Waals surface area contributed by atoms with E-state index in [2.05, 4.69) is 11.4 Å². The molecule has 1 aliphatic rings. The van der Waals surface area contributed by atoms with E-state index >= 15 is 0 Å². The largest absolute Gasteiger partial charge is 0.484 e. The number of para-hydroxylation sites is 1. The highest BCUT2D eigenvalue weighted by Crippen LogP contribution is 2.24. The number of amides is 1. The maximum absolute atomic E-state index is 11.9. The van der Waals surface area contributed by atoms with Crippen LogP contribution in [0.2, 0.25) is 0 Å². The number of hydrogen-bond donors (Lipinski definition) is 2. The van der Waals surface area contributed by atoms with Crippen LogP contribution < -0.4 is 15.8 Å². The van der Waals surface area contributed by atoms with Crippen molar-refractivity contribution < 1.29 is 9.53 Å². The van der Waals surface area contributed by atoms with Crippen molar-refractivity contribution in [2.75, 3.05) is 11.9 Å². The molecule has 1 unspecified atom stereocenters. The zero-order valence-electron chi connectivity index (χ0n) is 13.1. The molecule has 0 aromatic heterocycles. The predicted octanol–water partition coefficient (Wildman–Crippen LogP) is 2.91. The van der Waals surface area contributed by atoms with Gasteiger partial charge in [-0.25, -0.2) is 0 Å². The van der Waals surface area contributed by atoms with E-state index in [-0.39, 0.29) is 18.6 Å². The Labute approximate surface area is 136 Å². The number of hydrogen-bond acceptors (Lipinski definition) is 3.